The number of esters is 2. The maximum atomic E-state index is 11.2. The zero-order valence-electron chi connectivity index (χ0n) is 9.47. The van der Waals surface area contributed by atoms with Gasteiger partial charge in [-0.3, -0.25) is 0 Å². The third-order valence-corrected chi connectivity index (χ3v) is 3.90. The summed E-state index contributed by atoms with van der Waals surface area (Å²) in [4.78, 5) is 22.2. The van der Waals surface area contributed by atoms with E-state index in [9.17, 15) is 18.0 Å². The molecule has 96 valence electrons. The van der Waals surface area contributed by atoms with Crippen molar-refractivity contribution in [1.82, 2.24) is 0 Å². The van der Waals surface area contributed by atoms with Crippen molar-refractivity contribution in [3.8, 4) is 0 Å². The summed E-state index contributed by atoms with van der Waals surface area (Å²) in [5.41, 5.74) is 0.182. The maximum absolute atomic E-state index is 11.2. The van der Waals surface area contributed by atoms with E-state index in [1.165, 1.54) is 6.92 Å². The molecule has 0 aromatic rings. The van der Waals surface area contributed by atoms with Gasteiger partial charge in [-0.05, 0) is 13.3 Å². The molecule has 1 atom stereocenters. The lowest BCUT2D eigenvalue weighted by Gasteiger charge is -2.10. The molecular weight excluding hydrogens is 248 g/mol. The summed E-state index contributed by atoms with van der Waals surface area (Å²) in [7, 11) is -3.08. The number of rotatable bonds is 4. The number of sulfone groups is 1. The van der Waals surface area contributed by atoms with Crippen LogP contribution in [-0.4, -0.2) is 44.6 Å². The standard InChI is InChI=1S/C10H14O6S/c1-7(2)10(12)15-5-9(11)16-8-3-4-17(13,14)6-8/h8H,1,3-6H2,2H3. The summed E-state index contributed by atoms with van der Waals surface area (Å²) in [5, 5.41) is 0. The predicted octanol–water partition coefficient (Wildman–Crippen LogP) is -0.164. The Morgan fingerprint density at radius 1 is 1.41 bits per heavy atom. The molecule has 1 aliphatic rings. The first kappa shape index (κ1) is 13.7. The zero-order chi connectivity index (χ0) is 13.1. The average Bonchev–Trinajstić information content (AvgIpc) is 2.54. The first-order chi connectivity index (χ1) is 7.80. The Bertz CT molecular complexity index is 436. The molecule has 0 bridgehead atoms. The van der Waals surface area contributed by atoms with Crippen molar-refractivity contribution < 1.29 is 27.5 Å². The van der Waals surface area contributed by atoms with Gasteiger partial charge in [-0.2, -0.15) is 0 Å². The zero-order valence-corrected chi connectivity index (χ0v) is 10.3. The van der Waals surface area contributed by atoms with Crippen LogP contribution in [0, 0.1) is 0 Å². The van der Waals surface area contributed by atoms with Gasteiger partial charge >= 0.3 is 11.9 Å². The third kappa shape index (κ3) is 4.56. The summed E-state index contributed by atoms with van der Waals surface area (Å²) in [6.45, 7) is 4.28. The van der Waals surface area contributed by atoms with E-state index >= 15 is 0 Å². The van der Waals surface area contributed by atoms with Crippen molar-refractivity contribution >= 4 is 21.8 Å². The minimum atomic E-state index is -3.08. The van der Waals surface area contributed by atoms with Crippen LogP contribution in [0.2, 0.25) is 0 Å². The van der Waals surface area contributed by atoms with Gasteiger partial charge in [0.05, 0.1) is 11.5 Å². The lowest BCUT2D eigenvalue weighted by molar-refractivity contribution is -0.159. The lowest BCUT2D eigenvalue weighted by atomic mass is 10.3. The molecule has 1 saturated heterocycles. The van der Waals surface area contributed by atoms with Crippen LogP contribution in [0.4, 0.5) is 0 Å². The third-order valence-electron chi connectivity index (χ3n) is 2.16. The molecular formula is C10H14O6S. The Balaban J connectivity index is 2.31. The summed E-state index contributed by atoms with van der Waals surface area (Å²) in [6, 6.07) is 0. The van der Waals surface area contributed by atoms with Crippen molar-refractivity contribution in [3.05, 3.63) is 12.2 Å². The van der Waals surface area contributed by atoms with Gasteiger partial charge in [-0.25, -0.2) is 18.0 Å². The van der Waals surface area contributed by atoms with Crippen LogP contribution in [0.1, 0.15) is 13.3 Å². The van der Waals surface area contributed by atoms with Gasteiger partial charge in [0, 0.05) is 5.57 Å². The lowest BCUT2D eigenvalue weighted by Crippen LogP contribution is -2.23. The van der Waals surface area contributed by atoms with E-state index < -0.39 is 34.5 Å². The molecule has 7 heteroatoms. The number of hydrogen-bond donors (Lipinski definition) is 0. The normalized spacial score (nSPS) is 21.8. The SMILES string of the molecule is C=C(C)C(=O)OCC(=O)OC1CCS(=O)(=O)C1. The number of hydrogen-bond acceptors (Lipinski definition) is 6. The summed E-state index contributed by atoms with van der Waals surface area (Å²) in [5.74, 6) is -1.56. The number of carbonyl (C=O) groups is 2. The van der Waals surface area contributed by atoms with Crippen LogP contribution in [0.3, 0.4) is 0 Å². The van der Waals surface area contributed by atoms with Gasteiger partial charge in [-0.15, -0.1) is 0 Å². The minimum absolute atomic E-state index is 0.0243. The smallest absolute Gasteiger partial charge is 0.344 e. The fourth-order valence-electron chi connectivity index (χ4n) is 1.32. The molecule has 0 spiro atoms. The van der Waals surface area contributed by atoms with Gasteiger partial charge in [0.1, 0.15) is 6.10 Å². The topological polar surface area (TPSA) is 86.7 Å². The number of carbonyl (C=O) groups excluding carboxylic acids is 2. The Hall–Kier alpha value is -1.37. The summed E-state index contributed by atoms with van der Waals surface area (Å²) >= 11 is 0. The quantitative estimate of drug-likeness (QED) is 0.516. The molecule has 0 radical (unpaired) electrons. The van der Waals surface area contributed by atoms with Crippen LogP contribution in [0.15, 0.2) is 12.2 Å². The summed E-state index contributed by atoms with van der Waals surface area (Å²) < 4.78 is 31.6. The van der Waals surface area contributed by atoms with E-state index in [4.69, 9.17) is 4.74 Å². The highest BCUT2D eigenvalue weighted by atomic mass is 32.2. The first-order valence-electron chi connectivity index (χ1n) is 5.03. The maximum Gasteiger partial charge on any atom is 0.344 e. The van der Waals surface area contributed by atoms with E-state index in [0.717, 1.165) is 0 Å². The van der Waals surface area contributed by atoms with Crippen LogP contribution in [0.5, 0.6) is 0 Å². The Kier molecular flexibility index (Phi) is 4.28. The van der Waals surface area contributed by atoms with Crippen LogP contribution >= 0.6 is 0 Å². The Morgan fingerprint density at radius 3 is 2.53 bits per heavy atom. The highest BCUT2D eigenvalue weighted by Crippen LogP contribution is 2.14. The molecule has 17 heavy (non-hydrogen) atoms. The van der Waals surface area contributed by atoms with Gasteiger partial charge in [-0.1, -0.05) is 6.58 Å². The van der Waals surface area contributed by atoms with E-state index in [0.29, 0.717) is 6.42 Å². The fourth-order valence-corrected chi connectivity index (χ4v) is 2.91. The predicted molar refractivity (Wildman–Crippen MR) is 58.9 cm³/mol. The van der Waals surface area contributed by atoms with Crippen molar-refractivity contribution in [1.29, 1.82) is 0 Å². The molecule has 6 nitrogen and oxygen atoms in total. The van der Waals surface area contributed by atoms with E-state index in [1.54, 1.807) is 0 Å². The second-order valence-corrected chi connectivity index (χ2v) is 6.10. The average molecular weight is 262 g/mol. The van der Waals surface area contributed by atoms with Gasteiger partial charge in [0.2, 0.25) is 0 Å². The molecule has 1 rings (SSSR count). The minimum Gasteiger partial charge on any atom is -0.459 e. The molecule has 0 saturated carbocycles. The van der Waals surface area contributed by atoms with Crippen molar-refractivity contribution in [2.45, 2.75) is 19.4 Å². The largest absolute Gasteiger partial charge is 0.459 e. The molecule has 1 unspecified atom stereocenters. The van der Waals surface area contributed by atoms with Crippen molar-refractivity contribution in [3.63, 3.8) is 0 Å². The monoisotopic (exact) mass is 262 g/mol. The molecule has 0 aliphatic carbocycles. The molecule has 0 aromatic heterocycles. The molecule has 0 aromatic carbocycles. The summed E-state index contributed by atoms with van der Waals surface area (Å²) in [6.07, 6.45) is -0.335. The molecule has 1 heterocycles. The van der Waals surface area contributed by atoms with Crippen molar-refractivity contribution in [2.24, 2.45) is 0 Å². The molecule has 1 aliphatic heterocycles. The van der Waals surface area contributed by atoms with Crippen LogP contribution in [0.25, 0.3) is 0 Å². The Morgan fingerprint density at radius 2 is 2.06 bits per heavy atom. The molecule has 0 N–H and O–H groups in total. The Labute approximate surface area is 99.5 Å². The molecule has 1 fully saturated rings. The van der Waals surface area contributed by atoms with Gasteiger partial charge in [0.15, 0.2) is 16.4 Å². The van der Waals surface area contributed by atoms with Crippen LogP contribution in [-0.2, 0) is 28.9 Å². The number of ether oxygens (including phenoxy) is 2. The molecule has 0 amide bonds. The van der Waals surface area contributed by atoms with E-state index in [-0.39, 0.29) is 17.1 Å². The van der Waals surface area contributed by atoms with Gasteiger partial charge in [0.25, 0.3) is 0 Å². The highest BCUT2D eigenvalue weighted by Gasteiger charge is 2.30. The highest BCUT2D eigenvalue weighted by molar-refractivity contribution is 7.91. The van der Waals surface area contributed by atoms with E-state index in [1.807, 2.05) is 0 Å². The van der Waals surface area contributed by atoms with Crippen LogP contribution < -0.4 is 0 Å². The first-order valence-corrected chi connectivity index (χ1v) is 6.85. The second-order valence-electron chi connectivity index (χ2n) is 3.87. The van der Waals surface area contributed by atoms with Crippen molar-refractivity contribution in [2.75, 3.05) is 18.1 Å². The fraction of sp³-hybridized carbons (Fsp3) is 0.600. The second kappa shape index (κ2) is 5.31. The van der Waals surface area contributed by atoms with Gasteiger partial charge < -0.3 is 9.47 Å². The van der Waals surface area contributed by atoms with E-state index in [2.05, 4.69) is 11.3 Å².